The number of carbonyl (C=O) groups excluding carboxylic acids is 1. The molecule has 0 atom stereocenters. The van der Waals surface area contributed by atoms with E-state index in [1.165, 1.54) is 5.06 Å². The Morgan fingerprint density at radius 2 is 1.92 bits per heavy atom. The Morgan fingerprint density at radius 1 is 1.16 bits per heavy atom. The van der Waals surface area contributed by atoms with Crippen molar-refractivity contribution in [2.45, 2.75) is 64.5 Å². The monoisotopic (exact) mass is 525 g/mol. The number of aromatic amines is 1. The highest BCUT2D eigenvalue weighted by Gasteiger charge is 2.31. The Bertz CT molecular complexity index is 1370. The van der Waals surface area contributed by atoms with Crippen molar-refractivity contribution in [2.75, 3.05) is 18.7 Å². The standard InChI is InChI=1S/C27H32ClN5O4/c1-27(2,3)36-26(34)37-33-13-12-18(28)14-21-25(33)19-15-29-32-23(24(19)31-21)17-10-8-16(9-11-17)20-6-5-7-22(30-20)35-4/h5-7,12,14,16-17,31H,8-11,13,15H2,1-4H3/t16-,17-. The van der Waals surface area contributed by atoms with Crippen molar-refractivity contribution in [3.05, 3.63) is 51.3 Å². The first kappa shape index (κ1) is 25.3. The number of hydroxylamine groups is 1. The summed E-state index contributed by atoms with van der Waals surface area (Å²) in [6, 6.07) is 5.95. The zero-order valence-corrected chi connectivity index (χ0v) is 22.3. The minimum Gasteiger partial charge on any atom is -0.481 e. The molecule has 4 heterocycles. The molecule has 0 aromatic carbocycles. The first-order chi connectivity index (χ1) is 17.7. The highest BCUT2D eigenvalue weighted by Crippen LogP contribution is 2.40. The third-order valence-electron chi connectivity index (χ3n) is 6.81. The molecule has 2 aromatic heterocycles. The number of nitrogens with zero attached hydrogens (tertiary/aromatic N) is 4. The van der Waals surface area contributed by atoms with E-state index in [-0.39, 0.29) is 12.5 Å². The number of H-pyrrole nitrogens is 1. The van der Waals surface area contributed by atoms with Crippen LogP contribution in [0, 0.1) is 5.92 Å². The van der Waals surface area contributed by atoms with Gasteiger partial charge in [0.05, 0.1) is 36.6 Å². The van der Waals surface area contributed by atoms with Crippen molar-refractivity contribution in [3.8, 4) is 5.88 Å². The average molecular weight is 526 g/mol. The van der Waals surface area contributed by atoms with Gasteiger partial charge in [-0.2, -0.15) is 15.3 Å². The molecule has 1 aliphatic carbocycles. The Labute approximate surface area is 220 Å². The number of allylic oxidation sites excluding steroid dienone is 1. The summed E-state index contributed by atoms with van der Waals surface area (Å²) >= 11 is 6.42. The number of halogens is 1. The summed E-state index contributed by atoms with van der Waals surface area (Å²) in [6.07, 6.45) is 6.83. The fourth-order valence-electron chi connectivity index (χ4n) is 5.16. The Morgan fingerprint density at radius 3 is 2.65 bits per heavy atom. The van der Waals surface area contributed by atoms with Gasteiger partial charge in [-0.15, -0.1) is 0 Å². The van der Waals surface area contributed by atoms with E-state index in [1.54, 1.807) is 34.0 Å². The largest absolute Gasteiger partial charge is 0.533 e. The fraction of sp³-hybridized carbons (Fsp3) is 0.481. The lowest BCUT2D eigenvalue weighted by Gasteiger charge is -2.29. The Hall–Kier alpha value is -3.33. The molecule has 3 aliphatic rings. The van der Waals surface area contributed by atoms with E-state index in [4.69, 9.17) is 25.9 Å². The lowest BCUT2D eigenvalue weighted by molar-refractivity contribution is -0.0116. The summed E-state index contributed by atoms with van der Waals surface area (Å²) in [5.74, 6) is 1.30. The topological polar surface area (TPSA) is 101 Å². The van der Waals surface area contributed by atoms with E-state index >= 15 is 0 Å². The molecular weight excluding hydrogens is 494 g/mol. The van der Waals surface area contributed by atoms with Gasteiger partial charge in [0.2, 0.25) is 5.88 Å². The molecule has 1 fully saturated rings. The maximum atomic E-state index is 12.5. The number of pyridine rings is 1. The number of carbonyl (C=O) groups is 1. The molecule has 0 saturated heterocycles. The maximum Gasteiger partial charge on any atom is 0.533 e. The summed E-state index contributed by atoms with van der Waals surface area (Å²) in [4.78, 5) is 26.3. The molecule has 0 bridgehead atoms. The second-order valence-corrected chi connectivity index (χ2v) is 11.0. The number of aromatic nitrogens is 2. The highest BCUT2D eigenvalue weighted by molar-refractivity contribution is 6.34. The molecule has 0 unspecified atom stereocenters. The van der Waals surface area contributed by atoms with Gasteiger partial charge in [0.25, 0.3) is 0 Å². The quantitative estimate of drug-likeness (QED) is 0.560. The van der Waals surface area contributed by atoms with Crippen LogP contribution in [0.1, 0.15) is 63.6 Å². The molecule has 0 amide bonds. The van der Waals surface area contributed by atoms with Gasteiger partial charge in [-0.1, -0.05) is 17.7 Å². The third-order valence-corrected chi connectivity index (χ3v) is 7.07. The second kappa shape index (κ2) is 10.2. The number of ether oxygens (including phenoxy) is 2. The van der Waals surface area contributed by atoms with Crippen LogP contribution in [-0.4, -0.2) is 35.4 Å². The predicted octanol–water partition coefficient (Wildman–Crippen LogP) is 5.06. The molecule has 37 heavy (non-hydrogen) atoms. The van der Waals surface area contributed by atoms with Crippen LogP contribution in [0.25, 0.3) is 11.8 Å². The molecule has 10 heteroatoms. The number of azo groups is 1. The van der Waals surface area contributed by atoms with Crippen LogP contribution in [0.3, 0.4) is 0 Å². The first-order valence-corrected chi connectivity index (χ1v) is 13.0. The van der Waals surface area contributed by atoms with E-state index in [1.807, 2.05) is 18.2 Å². The zero-order chi connectivity index (χ0) is 26.2. The van der Waals surface area contributed by atoms with Crippen molar-refractivity contribution in [2.24, 2.45) is 16.1 Å². The molecule has 196 valence electrons. The van der Waals surface area contributed by atoms with Gasteiger partial charge in [0, 0.05) is 34.2 Å². The maximum absolute atomic E-state index is 12.5. The van der Waals surface area contributed by atoms with E-state index in [0.717, 1.165) is 59.0 Å². The number of nitrogens with one attached hydrogen (secondary N) is 1. The van der Waals surface area contributed by atoms with E-state index < -0.39 is 11.8 Å². The molecular formula is C27H32ClN5O4. The van der Waals surface area contributed by atoms with Crippen LogP contribution < -0.4 is 20.5 Å². The number of rotatable bonds is 4. The van der Waals surface area contributed by atoms with Crippen LogP contribution >= 0.6 is 11.6 Å². The summed E-state index contributed by atoms with van der Waals surface area (Å²) in [6.45, 7) is 6.06. The van der Waals surface area contributed by atoms with Crippen molar-refractivity contribution in [3.63, 3.8) is 0 Å². The Balaban J connectivity index is 1.44. The van der Waals surface area contributed by atoms with Gasteiger partial charge < -0.3 is 19.3 Å². The van der Waals surface area contributed by atoms with Gasteiger partial charge in [0.15, 0.2) is 0 Å². The number of fused-ring (bicyclic) bond motifs is 3. The lowest BCUT2D eigenvalue weighted by Crippen LogP contribution is -2.34. The zero-order valence-electron chi connectivity index (χ0n) is 21.6. The van der Waals surface area contributed by atoms with Crippen LogP contribution in [0.4, 0.5) is 10.5 Å². The van der Waals surface area contributed by atoms with Crippen LogP contribution in [0.2, 0.25) is 0 Å². The number of anilines is 1. The van der Waals surface area contributed by atoms with E-state index in [2.05, 4.69) is 26.3 Å². The van der Waals surface area contributed by atoms with Gasteiger partial charge in [-0.25, -0.2) is 9.78 Å². The van der Waals surface area contributed by atoms with Crippen molar-refractivity contribution in [1.29, 1.82) is 0 Å². The average Bonchev–Trinajstić information content (AvgIpc) is 3.15. The second-order valence-electron chi connectivity index (χ2n) is 10.5. The first-order valence-electron chi connectivity index (χ1n) is 12.6. The summed E-state index contributed by atoms with van der Waals surface area (Å²) < 4.78 is 10.7. The van der Waals surface area contributed by atoms with Gasteiger partial charge in [-0.05, 0) is 64.7 Å². The normalized spacial score (nSPS) is 21.3. The van der Waals surface area contributed by atoms with E-state index in [0.29, 0.717) is 23.4 Å². The van der Waals surface area contributed by atoms with Gasteiger partial charge in [0.1, 0.15) is 11.3 Å². The Kier molecular flexibility index (Phi) is 6.98. The molecule has 5 rings (SSSR count). The number of methoxy groups -OCH3 is 1. The molecule has 1 saturated carbocycles. The van der Waals surface area contributed by atoms with Gasteiger partial charge in [-0.3, -0.25) is 0 Å². The summed E-state index contributed by atoms with van der Waals surface area (Å²) in [5.41, 5.74) is 3.02. The van der Waals surface area contributed by atoms with Gasteiger partial charge >= 0.3 is 6.16 Å². The highest BCUT2D eigenvalue weighted by atomic mass is 35.5. The fourth-order valence-corrected chi connectivity index (χ4v) is 5.34. The molecule has 2 aromatic rings. The molecule has 0 spiro atoms. The minimum absolute atomic E-state index is 0.262. The lowest BCUT2D eigenvalue weighted by atomic mass is 9.78. The summed E-state index contributed by atoms with van der Waals surface area (Å²) in [5, 5.41) is 12.8. The molecule has 2 aliphatic heterocycles. The van der Waals surface area contributed by atoms with Crippen molar-refractivity contribution in [1.82, 2.24) is 9.97 Å². The van der Waals surface area contributed by atoms with E-state index in [9.17, 15) is 4.79 Å². The predicted molar refractivity (Wildman–Crippen MR) is 141 cm³/mol. The van der Waals surface area contributed by atoms with Crippen LogP contribution in [-0.2, 0) is 16.1 Å². The summed E-state index contributed by atoms with van der Waals surface area (Å²) in [7, 11) is 1.64. The van der Waals surface area contributed by atoms with Crippen molar-refractivity contribution < 1.29 is 19.1 Å². The molecule has 1 N–H and O–H groups in total. The smallest absolute Gasteiger partial charge is 0.481 e. The van der Waals surface area contributed by atoms with Crippen LogP contribution in [0.15, 0.2) is 39.5 Å². The SMILES string of the molecule is COc1cccc([C@H]2CC[C@H](C3=c4[nH]c5c(c4CN=N3)N(OC(=O)OC(C)(C)C)CC=C(Cl)C=5)CC2)n1. The van der Waals surface area contributed by atoms with Crippen molar-refractivity contribution >= 4 is 35.2 Å². The van der Waals surface area contributed by atoms with Crippen LogP contribution in [0.5, 0.6) is 5.88 Å². The minimum atomic E-state index is -0.772. The number of hydrogen-bond donors (Lipinski definition) is 1. The molecule has 9 nitrogen and oxygen atoms in total. The molecule has 0 radical (unpaired) electrons. The third kappa shape index (κ3) is 5.51. The number of hydrogen-bond acceptors (Lipinski definition) is 8.